The zero-order chi connectivity index (χ0) is 17.4. The molecule has 0 aliphatic rings. The molecule has 0 radical (unpaired) electrons. The molecule has 24 heavy (non-hydrogen) atoms. The van der Waals surface area contributed by atoms with Crippen LogP contribution in [0.5, 0.6) is 0 Å². The molecule has 2 N–H and O–H groups in total. The van der Waals surface area contributed by atoms with Crippen molar-refractivity contribution >= 4 is 22.8 Å². The van der Waals surface area contributed by atoms with Crippen LogP contribution in [-0.2, 0) is 14.1 Å². The fourth-order valence-electron chi connectivity index (χ4n) is 2.76. The van der Waals surface area contributed by atoms with Crippen LogP contribution in [0.1, 0.15) is 29.9 Å². The molecule has 0 unspecified atom stereocenters. The zero-order valence-corrected chi connectivity index (χ0v) is 14.5. The van der Waals surface area contributed by atoms with Gasteiger partial charge >= 0.3 is 6.03 Å². The van der Waals surface area contributed by atoms with E-state index in [0.29, 0.717) is 5.69 Å². The third-order valence-electron chi connectivity index (χ3n) is 4.21. The number of aryl methyl sites for hydroxylation is 3. The van der Waals surface area contributed by atoms with Crippen molar-refractivity contribution in [1.82, 2.24) is 29.9 Å². The number of aromatic nitrogens is 5. The van der Waals surface area contributed by atoms with Crippen molar-refractivity contribution in [2.45, 2.75) is 26.8 Å². The highest BCUT2D eigenvalue weighted by Gasteiger charge is 2.15. The van der Waals surface area contributed by atoms with Gasteiger partial charge in [0, 0.05) is 30.7 Å². The number of hydrogen-bond acceptors (Lipinski definition) is 4. The molecule has 0 aromatic carbocycles. The second kappa shape index (κ2) is 5.95. The number of amides is 2. The van der Waals surface area contributed by atoms with Gasteiger partial charge < -0.3 is 10.6 Å². The molecule has 3 heterocycles. The second-order valence-corrected chi connectivity index (χ2v) is 5.93. The molecule has 0 fully saturated rings. The summed E-state index contributed by atoms with van der Waals surface area (Å²) in [6.07, 6.45) is 3.40. The minimum absolute atomic E-state index is 0.143. The number of hydrogen-bond donors (Lipinski definition) is 2. The first-order valence-electron chi connectivity index (χ1n) is 7.72. The molecular weight excluding hydrogens is 306 g/mol. The van der Waals surface area contributed by atoms with Crippen LogP contribution in [0.4, 0.5) is 10.5 Å². The normalized spacial score (nSPS) is 12.4. The molecule has 126 valence electrons. The highest BCUT2D eigenvalue weighted by Crippen LogP contribution is 2.20. The van der Waals surface area contributed by atoms with Crippen molar-refractivity contribution in [2.75, 3.05) is 5.32 Å². The zero-order valence-electron chi connectivity index (χ0n) is 14.5. The highest BCUT2D eigenvalue weighted by molar-refractivity contribution is 5.92. The molecular formula is C16H21N7O. The summed E-state index contributed by atoms with van der Waals surface area (Å²) in [4.78, 5) is 16.6. The van der Waals surface area contributed by atoms with E-state index in [2.05, 4.69) is 25.8 Å². The van der Waals surface area contributed by atoms with Gasteiger partial charge in [0.25, 0.3) is 0 Å². The maximum Gasteiger partial charge on any atom is 0.319 e. The number of rotatable bonds is 3. The average Bonchev–Trinajstić information content (AvgIpc) is 3.00. The Morgan fingerprint density at radius 1 is 1.21 bits per heavy atom. The molecule has 3 rings (SSSR count). The summed E-state index contributed by atoms with van der Waals surface area (Å²) in [6.45, 7) is 5.82. The van der Waals surface area contributed by atoms with Crippen molar-refractivity contribution < 1.29 is 4.79 Å². The predicted molar refractivity (Wildman–Crippen MR) is 91.8 cm³/mol. The van der Waals surface area contributed by atoms with Crippen LogP contribution in [0.25, 0.3) is 11.0 Å². The van der Waals surface area contributed by atoms with Crippen LogP contribution in [0, 0.1) is 13.8 Å². The number of urea groups is 1. The van der Waals surface area contributed by atoms with Gasteiger partial charge in [-0.05, 0) is 26.8 Å². The Kier molecular flexibility index (Phi) is 3.96. The quantitative estimate of drug-likeness (QED) is 0.772. The van der Waals surface area contributed by atoms with E-state index in [9.17, 15) is 4.79 Å². The van der Waals surface area contributed by atoms with Gasteiger partial charge in [0.1, 0.15) is 0 Å². The first-order valence-corrected chi connectivity index (χ1v) is 7.72. The van der Waals surface area contributed by atoms with E-state index in [-0.39, 0.29) is 12.1 Å². The Labute approximate surface area is 139 Å². The lowest BCUT2D eigenvalue weighted by molar-refractivity contribution is 0.249. The van der Waals surface area contributed by atoms with Crippen molar-refractivity contribution in [2.24, 2.45) is 14.1 Å². The SMILES string of the molecule is Cc1nn(C)c2ncc(NC(=O)N[C@@H](C)c3cnn(C)c3C)cc12. The molecule has 3 aromatic rings. The van der Waals surface area contributed by atoms with Crippen LogP contribution in [-0.4, -0.2) is 30.6 Å². The van der Waals surface area contributed by atoms with Crippen LogP contribution < -0.4 is 10.6 Å². The molecule has 1 atom stereocenters. The minimum Gasteiger partial charge on any atom is -0.331 e. The minimum atomic E-state index is -0.284. The van der Waals surface area contributed by atoms with E-state index in [1.807, 2.05) is 40.9 Å². The second-order valence-electron chi connectivity index (χ2n) is 5.93. The van der Waals surface area contributed by atoms with Gasteiger partial charge in [0.05, 0.1) is 29.8 Å². The average molecular weight is 327 g/mol. The topological polar surface area (TPSA) is 89.7 Å². The summed E-state index contributed by atoms with van der Waals surface area (Å²) in [6, 6.07) is 1.45. The van der Waals surface area contributed by atoms with Gasteiger partial charge in [-0.2, -0.15) is 10.2 Å². The van der Waals surface area contributed by atoms with Crippen LogP contribution >= 0.6 is 0 Å². The van der Waals surface area contributed by atoms with E-state index in [4.69, 9.17) is 0 Å². The fourth-order valence-corrected chi connectivity index (χ4v) is 2.76. The Hall–Kier alpha value is -2.90. The summed E-state index contributed by atoms with van der Waals surface area (Å²) in [5.41, 5.74) is 4.31. The Morgan fingerprint density at radius 3 is 2.62 bits per heavy atom. The van der Waals surface area contributed by atoms with Gasteiger partial charge in [-0.15, -0.1) is 0 Å². The third kappa shape index (κ3) is 2.82. The van der Waals surface area contributed by atoms with Gasteiger partial charge in [-0.1, -0.05) is 0 Å². The summed E-state index contributed by atoms with van der Waals surface area (Å²) in [7, 11) is 3.72. The summed E-state index contributed by atoms with van der Waals surface area (Å²) >= 11 is 0. The Bertz CT molecular complexity index is 909. The van der Waals surface area contributed by atoms with Gasteiger partial charge in [0.2, 0.25) is 0 Å². The first-order chi connectivity index (χ1) is 11.4. The molecule has 8 heteroatoms. The highest BCUT2D eigenvalue weighted by atomic mass is 16.2. The first kappa shape index (κ1) is 16.0. The van der Waals surface area contributed by atoms with E-state index < -0.39 is 0 Å². The molecule has 0 aliphatic carbocycles. The van der Waals surface area contributed by atoms with Crippen molar-refractivity contribution in [3.8, 4) is 0 Å². The van der Waals surface area contributed by atoms with Crippen molar-refractivity contribution in [3.05, 3.63) is 35.4 Å². The summed E-state index contributed by atoms with van der Waals surface area (Å²) in [5.74, 6) is 0. The molecule has 3 aromatic heterocycles. The summed E-state index contributed by atoms with van der Waals surface area (Å²) < 4.78 is 3.51. The molecule has 0 saturated carbocycles. The van der Waals surface area contributed by atoms with Crippen molar-refractivity contribution in [3.63, 3.8) is 0 Å². The Morgan fingerprint density at radius 2 is 1.96 bits per heavy atom. The lowest BCUT2D eigenvalue weighted by Gasteiger charge is -2.14. The van der Waals surface area contributed by atoms with E-state index >= 15 is 0 Å². The molecule has 0 saturated heterocycles. The van der Waals surface area contributed by atoms with E-state index in [1.54, 1.807) is 21.8 Å². The van der Waals surface area contributed by atoms with Crippen LogP contribution in [0.3, 0.4) is 0 Å². The number of nitrogens with zero attached hydrogens (tertiary/aromatic N) is 5. The van der Waals surface area contributed by atoms with Gasteiger partial charge in [0.15, 0.2) is 5.65 Å². The van der Waals surface area contributed by atoms with Crippen LogP contribution in [0.2, 0.25) is 0 Å². The number of fused-ring (bicyclic) bond motifs is 1. The Balaban J connectivity index is 1.73. The number of pyridine rings is 1. The maximum absolute atomic E-state index is 12.2. The van der Waals surface area contributed by atoms with Crippen LogP contribution in [0.15, 0.2) is 18.5 Å². The number of carbonyl (C=O) groups excluding carboxylic acids is 1. The standard InChI is InChI=1S/C16H21N7O/c1-9(14-8-18-22(4)11(14)3)19-16(24)20-12-6-13-10(2)21-23(5)15(13)17-7-12/h6-9H,1-5H3,(H2,19,20,24)/t9-/m0/s1. The fraction of sp³-hybridized carbons (Fsp3) is 0.375. The monoisotopic (exact) mass is 327 g/mol. The van der Waals surface area contributed by atoms with E-state index in [0.717, 1.165) is 28.0 Å². The van der Waals surface area contributed by atoms with E-state index in [1.165, 1.54) is 0 Å². The smallest absolute Gasteiger partial charge is 0.319 e. The predicted octanol–water partition coefficient (Wildman–Crippen LogP) is 2.20. The third-order valence-corrected chi connectivity index (χ3v) is 4.21. The lowest BCUT2D eigenvalue weighted by Crippen LogP contribution is -2.31. The lowest BCUT2D eigenvalue weighted by atomic mass is 10.1. The largest absolute Gasteiger partial charge is 0.331 e. The van der Waals surface area contributed by atoms with Gasteiger partial charge in [-0.25, -0.2) is 9.78 Å². The molecule has 2 amide bonds. The number of carbonyl (C=O) groups is 1. The summed E-state index contributed by atoms with van der Waals surface area (Å²) in [5, 5.41) is 15.2. The number of nitrogens with one attached hydrogen (secondary N) is 2. The van der Waals surface area contributed by atoms with Gasteiger partial charge in [-0.3, -0.25) is 9.36 Å². The maximum atomic E-state index is 12.2. The molecule has 0 bridgehead atoms. The number of anilines is 1. The van der Waals surface area contributed by atoms with Crippen molar-refractivity contribution in [1.29, 1.82) is 0 Å². The molecule has 8 nitrogen and oxygen atoms in total. The molecule has 0 aliphatic heterocycles. The molecule has 0 spiro atoms.